The predicted octanol–water partition coefficient (Wildman–Crippen LogP) is 1.62. The summed E-state index contributed by atoms with van der Waals surface area (Å²) in [6.07, 6.45) is -5.75. The van der Waals surface area contributed by atoms with Crippen molar-refractivity contribution in [1.82, 2.24) is 9.80 Å². The Kier molecular flexibility index (Phi) is 3.81. The maximum atomic E-state index is 12.5. The van der Waals surface area contributed by atoms with Crippen LogP contribution in [0, 0.1) is 0 Å². The Bertz CT molecular complexity index is 501. The van der Waals surface area contributed by atoms with Gasteiger partial charge in [0.15, 0.2) is 0 Å². The van der Waals surface area contributed by atoms with Gasteiger partial charge in [0.1, 0.15) is 5.75 Å². The zero-order valence-electron chi connectivity index (χ0n) is 11.4. The minimum atomic E-state index is -4.76. The molecule has 4 nitrogen and oxygen atoms in total. The van der Waals surface area contributed by atoms with Gasteiger partial charge in [-0.05, 0) is 6.07 Å². The first-order valence-corrected chi connectivity index (χ1v) is 6.93. The number of piperazine rings is 3. The van der Waals surface area contributed by atoms with E-state index in [2.05, 4.69) is 14.5 Å². The van der Waals surface area contributed by atoms with Crippen molar-refractivity contribution in [3.8, 4) is 5.75 Å². The van der Waals surface area contributed by atoms with Gasteiger partial charge in [-0.2, -0.15) is 0 Å². The van der Waals surface area contributed by atoms with Crippen LogP contribution in [0.2, 0.25) is 0 Å². The molecule has 0 aromatic heterocycles. The average Bonchev–Trinajstić information content (AvgIpc) is 2.46. The molecule has 2 atom stereocenters. The molecule has 7 heteroatoms. The summed E-state index contributed by atoms with van der Waals surface area (Å²) in [7, 11) is 0. The minimum Gasteiger partial charge on any atom is -0.405 e. The summed E-state index contributed by atoms with van der Waals surface area (Å²) in [6, 6.07) is 5.62. The van der Waals surface area contributed by atoms with Crippen molar-refractivity contribution in [3.63, 3.8) is 0 Å². The SMILES string of the molecule is OC(c1ccccc1OC(F)(F)F)C1CN2CCN1CC2. The van der Waals surface area contributed by atoms with Crippen molar-refractivity contribution in [2.24, 2.45) is 0 Å². The number of ether oxygens (including phenoxy) is 1. The van der Waals surface area contributed by atoms with Gasteiger partial charge >= 0.3 is 6.36 Å². The fourth-order valence-electron chi connectivity index (χ4n) is 3.11. The minimum absolute atomic E-state index is 0.188. The van der Waals surface area contributed by atoms with Crippen LogP contribution in [0.4, 0.5) is 13.2 Å². The number of hydrogen-bond donors (Lipinski definition) is 1. The van der Waals surface area contributed by atoms with Crippen LogP contribution in [0.25, 0.3) is 0 Å². The molecule has 3 aliphatic rings. The molecule has 0 saturated carbocycles. The number of fused-ring (bicyclic) bond motifs is 3. The molecule has 4 rings (SSSR count). The number of nitrogens with zero attached hydrogens (tertiary/aromatic N) is 2. The van der Waals surface area contributed by atoms with Crippen molar-refractivity contribution < 1.29 is 23.0 Å². The van der Waals surface area contributed by atoms with Crippen molar-refractivity contribution in [2.45, 2.75) is 18.5 Å². The molecule has 2 unspecified atom stereocenters. The first kappa shape index (κ1) is 14.6. The predicted molar refractivity (Wildman–Crippen MR) is 69.9 cm³/mol. The van der Waals surface area contributed by atoms with Crippen LogP contribution in [-0.4, -0.2) is 60.0 Å². The van der Waals surface area contributed by atoms with Crippen LogP contribution in [-0.2, 0) is 0 Å². The Morgan fingerprint density at radius 1 is 1.14 bits per heavy atom. The Labute approximate surface area is 120 Å². The van der Waals surface area contributed by atoms with Crippen LogP contribution in [0.15, 0.2) is 24.3 Å². The van der Waals surface area contributed by atoms with E-state index in [0.29, 0.717) is 6.54 Å². The Morgan fingerprint density at radius 2 is 1.81 bits per heavy atom. The third-order valence-corrected chi connectivity index (χ3v) is 4.15. The first-order valence-electron chi connectivity index (χ1n) is 6.93. The molecule has 21 heavy (non-hydrogen) atoms. The third kappa shape index (κ3) is 3.14. The lowest BCUT2D eigenvalue weighted by Gasteiger charge is -2.49. The van der Waals surface area contributed by atoms with Gasteiger partial charge in [0, 0.05) is 38.3 Å². The van der Waals surface area contributed by atoms with Crippen LogP contribution in [0.3, 0.4) is 0 Å². The summed E-state index contributed by atoms with van der Waals surface area (Å²) >= 11 is 0. The van der Waals surface area contributed by atoms with E-state index in [0.717, 1.165) is 26.2 Å². The zero-order chi connectivity index (χ0) is 15.0. The molecule has 0 radical (unpaired) electrons. The van der Waals surface area contributed by atoms with Crippen LogP contribution < -0.4 is 4.74 Å². The summed E-state index contributed by atoms with van der Waals surface area (Å²) in [4.78, 5) is 4.36. The lowest BCUT2D eigenvalue weighted by atomic mass is 9.96. The van der Waals surface area contributed by atoms with E-state index >= 15 is 0 Å². The van der Waals surface area contributed by atoms with Gasteiger partial charge in [-0.1, -0.05) is 18.2 Å². The van der Waals surface area contributed by atoms with Gasteiger partial charge < -0.3 is 9.84 Å². The molecule has 1 N–H and O–H groups in total. The van der Waals surface area contributed by atoms with Crippen molar-refractivity contribution >= 4 is 0 Å². The van der Waals surface area contributed by atoms with Crippen molar-refractivity contribution in [2.75, 3.05) is 32.7 Å². The van der Waals surface area contributed by atoms with E-state index in [1.807, 2.05) is 0 Å². The Morgan fingerprint density at radius 3 is 2.38 bits per heavy atom. The number of para-hydroxylation sites is 1. The molecule has 3 aliphatic heterocycles. The van der Waals surface area contributed by atoms with E-state index < -0.39 is 12.5 Å². The number of rotatable bonds is 3. The molecule has 0 spiro atoms. The molecule has 3 fully saturated rings. The quantitative estimate of drug-likeness (QED) is 0.920. The molecular formula is C14H17F3N2O2. The molecule has 116 valence electrons. The van der Waals surface area contributed by atoms with Gasteiger partial charge in [0.2, 0.25) is 0 Å². The standard InChI is InChI=1S/C14H17F3N2O2/c15-14(16,17)21-12-4-2-1-3-10(12)13(20)11-9-18-5-7-19(11)8-6-18/h1-4,11,13,20H,5-9H2. The lowest BCUT2D eigenvalue weighted by Crippen LogP contribution is -2.62. The largest absolute Gasteiger partial charge is 0.573 e. The molecule has 3 saturated heterocycles. The molecule has 3 heterocycles. The Hall–Kier alpha value is -1.31. The van der Waals surface area contributed by atoms with E-state index in [9.17, 15) is 18.3 Å². The maximum absolute atomic E-state index is 12.5. The highest BCUT2D eigenvalue weighted by molar-refractivity contribution is 5.36. The number of alkyl halides is 3. The summed E-state index contributed by atoms with van der Waals surface area (Å²) in [5.74, 6) is -0.324. The van der Waals surface area contributed by atoms with Crippen molar-refractivity contribution in [1.29, 1.82) is 0 Å². The second-order valence-electron chi connectivity index (χ2n) is 5.43. The zero-order valence-corrected chi connectivity index (χ0v) is 11.4. The average molecular weight is 302 g/mol. The number of halogens is 3. The third-order valence-electron chi connectivity index (χ3n) is 4.15. The monoisotopic (exact) mass is 302 g/mol. The second-order valence-corrected chi connectivity index (χ2v) is 5.43. The van der Waals surface area contributed by atoms with Crippen LogP contribution in [0.5, 0.6) is 5.75 Å². The number of aliphatic hydroxyl groups is 1. The Balaban J connectivity index is 1.83. The molecule has 1 aromatic carbocycles. The topological polar surface area (TPSA) is 35.9 Å². The highest BCUT2D eigenvalue weighted by Gasteiger charge is 2.39. The number of aliphatic hydroxyl groups excluding tert-OH is 1. The molecule has 0 aliphatic carbocycles. The number of hydrogen-bond acceptors (Lipinski definition) is 4. The smallest absolute Gasteiger partial charge is 0.405 e. The highest BCUT2D eigenvalue weighted by atomic mass is 19.4. The summed E-state index contributed by atoms with van der Waals surface area (Å²) in [6.45, 7) is 4.24. The fourth-order valence-corrected chi connectivity index (χ4v) is 3.11. The van der Waals surface area contributed by atoms with Crippen molar-refractivity contribution in [3.05, 3.63) is 29.8 Å². The maximum Gasteiger partial charge on any atom is 0.573 e. The molecule has 1 aromatic rings. The van der Waals surface area contributed by atoms with E-state index in [1.165, 1.54) is 18.2 Å². The molecule has 0 amide bonds. The van der Waals surface area contributed by atoms with Crippen LogP contribution in [0.1, 0.15) is 11.7 Å². The molecular weight excluding hydrogens is 285 g/mol. The lowest BCUT2D eigenvalue weighted by molar-refractivity contribution is -0.275. The fraction of sp³-hybridized carbons (Fsp3) is 0.571. The van der Waals surface area contributed by atoms with E-state index in [-0.39, 0.29) is 17.4 Å². The van der Waals surface area contributed by atoms with E-state index in [1.54, 1.807) is 6.07 Å². The summed E-state index contributed by atoms with van der Waals surface area (Å²) in [5.41, 5.74) is 0.188. The molecule has 2 bridgehead atoms. The summed E-state index contributed by atoms with van der Waals surface area (Å²) < 4.78 is 41.4. The van der Waals surface area contributed by atoms with Gasteiger partial charge in [-0.15, -0.1) is 13.2 Å². The second kappa shape index (κ2) is 5.47. The van der Waals surface area contributed by atoms with Gasteiger partial charge in [0.25, 0.3) is 0 Å². The van der Waals surface area contributed by atoms with E-state index in [4.69, 9.17) is 0 Å². The number of benzene rings is 1. The van der Waals surface area contributed by atoms with Gasteiger partial charge in [-0.25, -0.2) is 0 Å². The van der Waals surface area contributed by atoms with Gasteiger partial charge in [0.05, 0.1) is 12.1 Å². The normalized spacial score (nSPS) is 30.2. The van der Waals surface area contributed by atoms with Crippen LogP contribution >= 0.6 is 0 Å². The van der Waals surface area contributed by atoms with Gasteiger partial charge in [-0.3, -0.25) is 9.80 Å². The first-order chi connectivity index (χ1) is 9.94. The summed E-state index contributed by atoms with van der Waals surface area (Å²) in [5, 5.41) is 10.5. The highest BCUT2D eigenvalue weighted by Crippen LogP contribution is 2.34.